The van der Waals surface area contributed by atoms with Gasteiger partial charge in [0.1, 0.15) is 19.8 Å². The Bertz CT molecular complexity index is 1110. The van der Waals surface area contributed by atoms with Gasteiger partial charge in [-0.3, -0.25) is 4.79 Å². The zero-order chi connectivity index (χ0) is 22.9. The molecule has 1 amide bonds. The summed E-state index contributed by atoms with van der Waals surface area (Å²) in [6.45, 7) is 0.936. The Hall–Kier alpha value is -4.25. The van der Waals surface area contributed by atoms with E-state index in [1.54, 1.807) is 12.1 Å². The summed E-state index contributed by atoms with van der Waals surface area (Å²) in [5.74, 6) is 0.651. The van der Waals surface area contributed by atoms with Crippen LogP contribution < -0.4 is 19.9 Å². The fourth-order valence-corrected chi connectivity index (χ4v) is 3.28. The van der Waals surface area contributed by atoms with Crippen LogP contribution in [0, 0.1) is 0 Å². The number of carbonyl (C=O) groups is 1. The van der Waals surface area contributed by atoms with Crippen LogP contribution in [-0.4, -0.2) is 5.91 Å². The van der Waals surface area contributed by atoms with Gasteiger partial charge < -0.3 is 19.9 Å². The third-order valence-corrected chi connectivity index (χ3v) is 5.01. The lowest BCUT2D eigenvalue weighted by Crippen LogP contribution is -2.12. The first-order chi connectivity index (χ1) is 16.2. The van der Waals surface area contributed by atoms with Gasteiger partial charge in [-0.2, -0.15) is 0 Å². The summed E-state index contributed by atoms with van der Waals surface area (Å²) in [6, 6.07) is 32.6. The number of benzene rings is 4. The molecule has 0 radical (unpaired) electrons. The van der Waals surface area contributed by atoms with Crippen molar-refractivity contribution in [1.29, 1.82) is 0 Å². The molecule has 0 heterocycles. The molecule has 0 aromatic heterocycles. The van der Waals surface area contributed by atoms with E-state index in [-0.39, 0.29) is 5.56 Å². The average Bonchev–Trinajstić information content (AvgIpc) is 2.87. The summed E-state index contributed by atoms with van der Waals surface area (Å²) in [6.07, 6.45) is 0. The molecule has 2 N–H and O–H groups in total. The summed E-state index contributed by atoms with van der Waals surface area (Å²) in [7, 11) is 0. The number of carbonyl (C=O) groups excluding carboxylic acids is 1. The highest BCUT2D eigenvalue weighted by atomic mass is 16.5. The predicted octanol–water partition coefficient (Wildman–Crippen LogP) is 5.52. The molecule has 4 aromatic carbocycles. The summed E-state index contributed by atoms with van der Waals surface area (Å²) >= 11 is 0. The molecule has 0 saturated heterocycles. The second-order valence-corrected chi connectivity index (χ2v) is 7.49. The molecule has 0 saturated carbocycles. The molecule has 33 heavy (non-hydrogen) atoms. The Kier molecular flexibility index (Phi) is 7.23. The number of amides is 1. The van der Waals surface area contributed by atoms with Gasteiger partial charge in [0.25, 0.3) is 0 Å². The lowest BCUT2D eigenvalue weighted by molar-refractivity contribution is 0.0999. The molecule has 0 spiro atoms. The maximum Gasteiger partial charge on any atom is 0.248 e. The summed E-state index contributed by atoms with van der Waals surface area (Å²) in [4.78, 5) is 12.0. The van der Waals surface area contributed by atoms with E-state index in [1.165, 1.54) is 0 Å². The number of rotatable bonds is 10. The first-order valence-corrected chi connectivity index (χ1v) is 10.7. The molecule has 0 unspecified atom stereocenters. The van der Waals surface area contributed by atoms with Crippen LogP contribution in [0.5, 0.6) is 17.2 Å². The number of ether oxygens (including phenoxy) is 3. The van der Waals surface area contributed by atoms with Gasteiger partial charge in [-0.05, 0) is 28.8 Å². The number of hydrogen-bond donors (Lipinski definition) is 1. The van der Waals surface area contributed by atoms with Crippen molar-refractivity contribution in [2.24, 2.45) is 5.73 Å². The Morgan fingerprint density at radius 3 is 1.30 bits per heavy atom. The second-order valence-electron chi connectivity index (χ2n) is 7.49. The monoisotopic (exact) mass is 439 g/mol. The second kappa shape index (κ2) is 10.9. The largest absolute Gasteiger partial charge is 0.485 e. The summed E-state index contributed by atoms with van der Waals surface area (Å²) < 4.78 is 18.3. The standard InChI is InChI=1S/C28H25NO4/c29-28(30)24-16-25(31-18-21-10-4-1-5-11-21)27(33-20-23-14-8-3-9-15-23)26(17-24)32-19-22-12-6-2-7-13-22/h1-17H,18-20H2,(H2,29,30). The molecule has 0 atom stereocenters. The summed E-state index contributed by atoms with van der Waals surface area (Å²) in [5, 5.41) is 0. The van der Waals surface area contributed by atoms with Crippen molar-refractivity contribution < 1.29 is 19.0 Å². The minimum absolute atomic E-state index is 0.285. The maximum atomic E-state index is 12.0. The Morgan fingerprint density at radius 1 is 0.576 bits per heavy atom. The van der Waals surface area contributed by atoms with Crippen LogP contribution in [0.2, 0.25) is 0 Å². The Balaban J connectivity index is 1.65. The van der Waals surface area contributed by atoms with E-state index in [9.17, 15) is 4.79 Å². The highest BCUT2D eigenvalue weighted by Crippen LogP contribution is 2.40. The van der Waals surface area contributed by atoms with E-state index in [2.05, 4.69) is 0 Å². The molecule has 0 bridgehead atoms. The van der Waals surface area contributed by atoms with Crippen LogP contribution in [0.15, 0.2) is 103 Å². The molecular weight excluding hydrogens is 414 g/mol. The lowest BCUT2D eigenvalue weighted by atomic mass is 10.1. The van der Waals surface area contributed by atoms with Crippen molar-refractivity contribution in [2.75, 3.05) is 0 Å². The minimum Gasteiger partial charge on any atom is -0.485 e. The summed E-state index contributed by atoms with van der Waals surface area (Å²) in [5.41, 5.74) is 8.85. The zero-order valence-corrected chi connectivity index (χ0v) is 18.1. The van der Waals surface area contributed by atoms with Crippen molar-refractivity contribution in [3.05, 3.63) is 125 Å². The van der Waals surface area contributed by atoms with Gasteiger partial charge in [-0.25, -0.2) is 0 Å². The van der Waals surface area contributed by atoms with E-state index in [0.29, 0.717) is 37.1 Å². The van der Waals surface area contributed by atoms with Crippen molar-refractivity contribution in [3.63, 3.8) is 0 Å². The van der Waals surface area contributed by atoms with E-state index < -0.39 is 5.91 Å². The van der Waals surface area contributed by atoms with Crippen LogP contribution in [0.4, 0.5) is 0 Å². The topological polar surface area (TPSA) is 70.8 Å². The van der Waals surface area contributed by atoms with E-state index in [1.807, 2.05) is 91.0 Å². The highest BCUT2D eigenvalue weighted by Gasteiger charge is 2.18. The SMILES string of the molecule is NC(=O)c1cc(OCc2ccccc2)c(OCc2ccccc2)c(OCc2ccccc2)c1. The Labute approximate surface area is 193 Å². The van der Waals surface area contributed by atoms with Gasteiger partial charge in [-0.1, -0.05) is 91.0 Å². The Morgan fingerprint density at radius 2 is 0.939 bits per heavy atom. The lowest BCUT2D eigenvalue weighted by Gasteiger charge is -2.18. The molecule has 0 aliphatic rings. The first-order valence-electron chi connectivity index (χ1n) is 10.7. The molecule has 4 aromatic rings. The molecule has 0 aliphatic carbocycles. The van der Waals surface area contributed by atoms with Crippen LogP contribution in [0.3, 0.4) is 0 Å². The molecule has 166 valence electrons. The van der Waals surface area contributed by atoms with Crippen LogP contribution in [-0.2, 0) is 19.8 Å². The molecule has 5 nitrogen and oxygen atoms in total. The third-order valence-electron chi connectivity index (χ3n) is 5.01. The smallest absolute Gasteiger partial charge is 0.248 e. The molecule has 5 heteroatoms. The third kappa shape index (κ3) is 6.14. The van der Waals surface area contributed by atoms with Crippen molar-refractivity contribution in [2.45, 2.75) is 19.8 Å². The fourth-order valence-electron chi connectivity index (χ4n) is 3.28. The van der Waals surface area contributed by atoms with Crippen molar-refractivity contribution >= 4 is 5.91 Å². The van der Waals surface area contributed by atoms with E-state index in [0.717, 1.165) is 16.7 Å². The fraction of sp³-hybridized carbons (Fsp3) is 0.107. The van der Waals surface area contributed by atoms with Crippen LogP contribution in [0.1, 0.15) is 27.0 Å². The van der Waals surface area contributed by atoms with Gasteiger partial charge in [0.15, 0.2) is 11.5 Å². The molecule has 0 fully saturated rings. The van der Waals surface area contributed by atoms with E-state index >= 15 is 0 Å². The van der Waals surface area contributed by atoms with Gasteiger partial charge in [0.05, 0.1) is 0 Å². The van der Waals surface area contributed by atoms with E-state index in [4.69, 9.17) is 19.9 Å². The molecular formula is C28H25NO4. The van der Waals surface area contributed by atoms with Gasteiger partial charge in [-0.15, -0.1) is 0 Å². The first kappa shape index (κ1) is 22.0. The quantitative estimate of drug-likeness (QED) is 0.353. The van der Waals surface area contributed by atoms with Crippen molar-refractivity contribution in [3.8, 4) is 17.2 Å². The number of nitrogens with two attached hydrogens (primary N) is 1. The zero-order valence-electron chi connectivity index (χ0n) is 18.1. The minimum atomic E-state index is -0.571. The van der Waals surface area contributed by atoms with Crippen LogP contribution >= 0.6 is 0 Å². The predicted molar refractivity (Wildman–Crippen MR) is 127 cm³/mol. The van der Waals surface area contributed by atoms with Gasteiger partial charge in [0, 0.05) is 5.56 Å². The number of hydrogen-bond acceptors (Lipinski definition) is 4. The van der Waals surface area contributed by atoms with Gasteiger partial charge in [0.2, 0.25) is 11.7 Å². The van der Waals surface area contributed by atoms with Crippen molar-refractivity contribution in [1.82, 2.24) is 0 Å². The molecule has 0 aliphatic heterocycles. The maximum absolute atomic E-state index is 12.0. The van der Waals surface area contributed by atoms with Crippen LogP contribution in [0.25, 0.3) is 0 Å². The highest BCUT2D eigenvalue weighted by molar-refractivity contribution is 5.94. The normalized spacial score (nSPS) is 10.4. The molecule has 4 rings (SSSR count). The van der Waals surface area contributed by atoms with Gasteiger partial charge >= 0.3 is 0 Å². The average molecular weight is 440 g/mol. The number of primary amides is 1.